The molecule has 0 spiro atoms. The van der Waals surface area contributed by atoms with Gasteiger partial charge in [0.15, 0.2) is 0 Å². The maximum atomic E-state index is 13.9. The van der Waals surface area contributed by atoms with Gasteiger partial charge in [-0.05, 0) is 18.9 Å². The first kappa shape index (κ1) is 13.9. The molecule has 5 heteroatoms. The van der Waals surface area contributed by atoms with Crippen LogP contribution in [0.2, 0.25) is 0 Å². The van der Waals surface area contributed by atoms with E-state index in [-0.39, 0.29) is 22.6 Å². The molecule has 2 rings (SSSR count). The standard InChI is InChI=1S/C14H17FN2OS/c1-9-3-2-6-17(14(9)18)8-11-5-4-10(13(16)19)7-12(11)15/h4-5,7,9H,2-3,6,8H2,1H3,(H2,16,19). The molecule has 0 aromatic heterocycles. The number of rotatable bonds is 3. The van der Waals surface area contributed by atoms with Gasteiger partial charge in [0.25, 0.3) is 0 Å². The first-order valence-electron chi connectivity index (χ1n) is 6.36. The van der Waals surface area contributed by atoms with E-state index in [9.17, 15) is 9.18 Å². The maximum absolute atomic E-state index is 13.9. The van der Waals surface area contributed by atoms with Gasteiger partial charge in [-0.2, -0.15) is 0 Å². The van der Waals surface area contributed by atoms with Crippen LogP contribution >= 0.6 is 12.2 Å². The van der Waals surface area contributed by atoms with Crippen molar-refractivity contribution in [3.05, 3.63) is 35.1 Å². The van der Waals surface area contributed by atoms with Crippen molar-refractivity contribution in [3.8, 4) is 0 Å². The highest BCUT2D eigenvalue weighted by atomic mass is 32.1. The van der Waals surface area contributed by atoms with Gasteiger partial charge in [-0.3, -0.25) is 4.79 Å². The third kappa shape index (κ3) is 3.10. The molecule has 1 aromatic rings. The Morgan fingerprint density at radius 2 is 2.32 bits per heavy atom. The topological polar surface area (TPSA) is 46.3 Å². The molecule has 1 aliphatic heterocycles. The van der Waals surface area contributed by atoms with Crippen LogP contribution in [-0.2, 0) is 11.3 Å². The quantitative estimate of drug-likeness (QED) is 0.864. The zero-order valence-electron chi connectivity index (χ0n) is 10.9. The summed E-state index contributed by atoms with van der Waals surface area (Å²) in [4.78, 5) is 13.9. The second kappa shape index (κ2) is 5.65. The number of piperidine rings is 1. The number of hydrogen-bond acceptors (Lipinski definition) is 2. The Labute approximate surface area is 117 Å². The molecule has 1 aromatic carbocycles. The Morgan fingerprint density at radius 1 is 1.58 bits per heavy atom. The molecule has 1 saturated heterocycles. The molecule has 0 saturated carbocycles. The monoisotopic (exact) mass is 280 g/mol. The number of benzene rings is 1. The molecule has 19 heavy (non-hydrogen) atoms. The van der Waals surface area contributed by atoms with Gasteiger partial charge in [-0.15, -0.1) is 0 Å². The summed E-state index contributed by atoms with van der Waals surface area (Å²) in [5.41, 5.74) is 6.47. The van der Waals surface area contributed by atoms with Crippen LogP contribution in [0.25, 0.3) is 0 Å². The number of likely N-dealkylation sites (tertiary alicyclic amines) is 1. The van der Waals surface area contributed by atoms with Crippen LogP contribution in [0.15, 0.2) is 18.2 Å². The van der Waals surface area contributed by atoms with Crippen LogP contribution in [0.5, 0.6) is 0 Å². The smallest absolute Gasteiger partial charge is 0.225 e. The molecule has 0 radical (unpaired) electrons. The average Bonchev–Trinajstić information content (AvgIpc) is 2.37. The lowest BCUT2D eigenvalue weighted by Crippen LogP contribution is -2.39. The Kier molecular flexibility index (Phi) is 4.14. The first-order chi connectivity index (χ1) is 8.99. The number of thiocarbonyl (C=S) groups is 1. The highest BCUT2D eigenvalue weighted by molar-refractivity contribution is 7.80. The maximum Gasteiger partial charge on any atom is 0.225 e. The SMILES string of the molecule is CC1CCCN(Cc2ccc(C(N)=S)cc2F)C1=O. The summed E-state index contributed by atoms with van der Waals surface area (Å²) in [5.74, 6) is -0.229. The summed E-state index contributed by atoms with van der Waals surface area (Å²) in [5, 5.41) is 0. The lowest BCUT2D eigenvalue weighted by atomic mass is 9.98. The molecule has 1 amide bonds. The Morgan fingerprint density at radius 3 is 2.95 bits per heavy atom. The summed E-state index contributed by atoms with van der Waals surface area (Å²) in [6, 6.07) is 4.67. The van der Waals surface area contributed by atoms with Crippen molar-refractivity contribution in [2.75, 3.05) is 6.54 Å². The van der Waals surface area contributed by atoms with Crippen LogP contribution < -0.4 is 5.73 Å². The molecule has 1 atom stereocenters. The molecule has 1 aliphatic rings. The van der Waals surface area contributed by atoms with E-state index in [4.69, 9.17) is 18.0 Å². The summed E-state index contributed by atoms with van der Waals surface area (Å²) < 4.78 is 13.9. The number of carbonyl (C=O) groups excluding carboxylic acids is 1. The normalized spacial score (nSPS) is 19.6. The van der Waals surface area contributed by atoms with Crippen molar-refractivity contribution in [2.45, 2.75) is 26.3 Å². The van der Waals surface area contributed by atoms with Crippen molar-refractivity contribution in [3.63, 3.8) is 0 Å². The molecule has 102 valence electrons. The molecular formula is C14H17FN2OS. The number of nitrogens with zero attached hydrogens (tertiary/aromatic N) is 1. The first-order valence-corrected chi connectivity index (χ1v) is 6.77. The molecule has 1 fully saturated rings. The molecule has 0 aliphatic carbocycles. The number of halogens is 1. The fraction of sp³-hybridized carbons (Fsp3) is 0.429. The lowest BCUT2D eigenvalue weighted by Gasteiger charge is -2.30. The van der Waals surface area contributed by atoms with Crippen LogP contribution in [-0.4, -0.2) is 22.3 Å². The zero-order chi connectivity index (χ0) is 14.0. The number of amides is 1. The van der Waals surface area contributed by atoms with E-state index in [0.29, 0.717) is 24.2 Å². The van der Waals surface area contributed by atoms with E-state index >= 15 is 0 Å². The van der Waals surface area contributed by atoms with Crippen LogP contribution in [0.4, 0.5) is 4.39 Å². The van der Waals surface area contributed by atoms with Gasteiger partial charge in [0.2, 0.25) is 5.91 Å². The summed E-state index contributed by atoms with van der Waals surface area (Å²) in [6.07, 6.45) is 1.89. The van der Waals surface area contributed by atoms with E-state index in [2.05, 4.69) is 0 Å². The van der Waals surface area contributed by atoms with Crippen molar-refractivity contribution in [2.24, 2.45) is 11.7 Å². The van der Waals surface area contributed by atoms with Gasteiger partial charge in [0.05, 0.1) is 0 Å². The van der Waals surface area contributed by atoms with Crippen molar-refractivity contribution >= 4 is 23.1 Å². The van der Waals surface area contributed by atoms with Crippen molar-refractivity contribution < 1.29 is 9.18 Å². The second-order valence-corrected chi connectivity index (χ2v) is 5.41. The third-order valence-electron chi connectivity index (χ3n) is 3.50. The van der Waals surface area contributed by atoms with E-state index in [1.54, 1.807) is 17.0 Å². The van der Waals surface area contributed by atoms with E-state index < -0.39 is 0 Å². The van der Waals surface area contributed by atoms with E-state index in [1.165, 1.54) is 6.07 Å². The summed E-state index contributed by atoms with van der Waals surface area (Å²) >= 11 is 4.81. The van der Waals surface area contributed by atoms with Gasteiger partial charge < -0.3 is 10.6 Å². The van der Waals surface area contributed by atoms with Gasteiger partial charge in [0, 0.05) is 30.1 Å². The van der Waals surface area contributed by atoms with Crippen LogP contribution in [0, 0.1) is 11.7 Å². The van der Waals surface area contributed by atoms with Gasteiger partial charge in [-0.25, -0.2) is 4.39 Å². The average molecular weight is 280 g/mol. The van der Waals surface area contributed by atoms with Crippen LogP contribution in [0.3, 0.4) is 0 Å². The minimum Gasteiger partial charge on any atom is -0.389 e. The minimum absolute atomic E-state index is 0.0349. The molecule has 3 nitrogen and oxygen atoms in total. The summed E-state index contributed by atoms with van der Waals surface area (Å²) in [7, 11) is 0. The second-order valence-electron chi connectivity index (χ2n) is 4.97. The minimum atomic E-state index is -0.365. The van der Waals surface area contributed by atoms with Crippen LogP contribution in [0.1, 0.15) is 30.9 Å². The Hall–Kier alpha value is -1.49. The molecule has 0 bridgehead atoms. The summed E-state index contributed by atoms with van der Waals surface area (Å²) in [6.45, 7) is 2.92. The molecular weight excluding hydrogens is 263 g/mol. The number of hydrogen-bond donors (Lipinski definition) is 1. The number of nitrogens with two attached hydrogens (primary N) is 1. The Balaban J connectivity index is 2.15. The Bertz CT molecular complexity index is 518. The highest BCUT2D eigenvalue weighted by Crippen LogP contribution is 2.21. The molecule has 1 heterocycles. The van der Waals surface area contributed by atoms with Gasteiger partial charge >= 0.3 is 0 Å². The largest absolute Gasteiger partial charge is 0.389 e. The molecule has 2 N–H and O–H groups in total. The van der Waals surface area contributed by atoms with Gasteiger partial charge in [0.1, 0.15) is 10.8 Å². The highest BCUT2D eigenvalue weighted by Gasteiger charge is 2.25. The van der Waals surface area contributed by atoms with Crippen molar-refractivity contribution in [1.29, 1.82) is 0 Å². The van der Waals surface area contributed by atoms with Crippen molar-refractivity contribution in [1.82, 2.24) is 4.90 Å². The predicted octanol–water partition coefficient (Wildman–Crippen LogP) is 2.22. The van der Waals surface area contributed by atoms with E-state index in [0.717, 1.165) is 12.8 Å². The molecule has 1 unspecified atom stereocenters. The van der Waals surface area contributed by atoms with Gasteiger partial charge in [-0.1, -0.05) is 31.3 Å². The fourth-order valence-electron chi connectivity index (χ4n) is 2.33. The number of carbonyl (C=O) groups is 1. The predicted molar refractivity (Wildman–Crippen MR) is 76.1 cm³/mol. The fourth-order valence-corrected chi connectivity index (χ4v) is 2.45. The van der Waals surface area contributed by atoms with E-state index in [1.807, 2.05) is 6.92 Å². The zero-order valence-corrected chi connectivity index (χ0v) is 11.7. The lowest BCUT2D eigenvalue weighted by molar-refractivity contribution is -0.138. The third-order valence-corrected chi connectivity index (χ3v) is 3.73.